The minimum Gasteiger partial charge on any atom is -0.483 e. The van der Waals surface area contributed by atoms with Crippen LogP contribution in [0.2, 0.25) is 0 Å². The zero-order valence-electron chi connectivity index (χ0n) is 17.0. The van der Waals surface area contributed by atoms with E-state index in [0.29, 0.717) is 11.5 Å². The highest BCUT2D eigenvalue weighted by Crippen LogP contribution is 2.42. The van der Waals surface area contributed by atoms with Gasteiger partial charge in [-0.05, 0) is 25.6 Å². The van der Waals surface area contributed by atoms with Crippen LogP contribution in [0.25, 0.3) is 22.1 Å². The Morgan fingerprint density at radius 1 is 1.18 bits per heavy atom. The molecule has 0 bridgehead atoms. The van der Waals surface area contributed by atoms with Crippen LogP contribution in [0.4, 0.5) is 0 Å². The monoisotopic (exact) mass is 399 g/mol. The number of furan rings is 1. The van der Waals surface area contributed by atoms with Crippen molar-refractivity contribution in [2.24, 2.45) is 0 Å². The lowest BCUT2D eigenvalue weighted by atomic mass is 10.0. The predicted molar refractivity (Wildman–Crippen MR) is 117 cm³/mol. The van der Waals surface area contributed by atoms with Crippen LogP contribution in [0, 0.1) is 0 Å². The van der Waals surface area contributed by atoms with Gasteiger partial charge in [0, 0.05) is 35.5 Å². The van der Waals surface area contributed by atoms with Crippen molar-refractivity contribution in [2.45, 2.75) is 40.0 Å². The van der Waals surface area contributed by atoms with Crippen LogP contribution in [-0.4, -0.2) is 37.4 Å². The first-order chi connectivity index (χ1) is 13.7. The Hall–Kier alpha value is -2.11. The van der Waals surface area contributed by atoms with E-state index in [-0.39, 0.29) is 0 Å². The number of aldehydes is 1. The minimum absolute atomic E-state index is 0.620. The van der Waals surface area contributed by atoms with Gasteiger partial charge in [0.25, 0.3) is 0 Å². The number of benzene rings is 1. The number of rotatable bonds is 11. The molecule has 3 rings (SSSR count). The fraction of sp³-hybridized carbons (Fsp3) is 0.435. The molecule has 0 amide bonds. The lowest BCUT2D eigenvalue weighted by Crippen LogP contribution is -2.27. The molecule has 5 heteroatoms. The number of hydrogen-bond donors (Lipinski definition) is 0. The van der Waals surface area contributed by atoms with Crippen molar-refractivity contribution < 1.29 is 13.9 Å². The van der Waals surface area contributed by atoms with Gasteiger partial charge in [0.05, 0.1) is 4.88 Å². The van der Waals surface area contributed by atoms with Crippen molar-refractivity contribution in [3.05, 3.63) is 41.0 Å². The number of fused-ring (bicyclic) bond motifs is 1. The third kappa shape index (κ3) is 4.47. The Kier molecular flexibility index (Phi) is 7.29. The summed E-state index contributed by atoms with van der Waals surface area (Å²) in [6.45, 7) is 10.00. The Morgan fingerprint density at radius 2 is 1.96 bits per heavy atom. The van der Waals surface area contributed by atoms with Gasteiger partial charge < -0.3 is 14.1 Å². The number of para-hydroxylation sites is 1. The molecule has 0 unspecified atom stereocenters. The summed E-state index contributed by atoms with van der Waals surface area (Å²) in [5.41, 5.74) is 2.84. The molecule has 0 aliphatic heterocycles. The fourth-order valence-corrected chi connectivity index (χ4v) is 4.31. The summed E-state index contributed by atoms with van der Waals surface area (Å²) in [6, 6.07) is 10.1. The lowest BCUT2D eigenvalue weighted by Gasteiger charge is -2.17. The van der Waals surface area contributed by atoms with Crippen molar-refractivity contribution in [3.8, 4) is 16.2 Å². The number of nitrogens with zero attached hydrogens (tertiary/aromatic N) is 1. The van der Waals surface area contributed by atoms with Crippen LogP contribution >= 0.6 is 11.3 Å². The molecule has 4 nitrogen and oxygen atoms in total. The standard InChI is InChI=1S/C23H29NO3S/c1-4-7-11-20-23(17-10-8-9-12-19(17)27-20)18-15-22(28-21(18)16-25)26-14-13-24(5-2)6-3/h8-10,12,15-16H,4-7,11,13-14H2,1-3H3. The number of aryl methyl sites for hydroxylation is 1. The Morgan fingerprint density at radius 3 is 2.68 bits per heavy atom. The predicted octanol–water partition coefficient (Wildman–Crippen LogP) is 6.04. The van der Waals surface area contributed by atoms with E-state index in [1.807, 2.05) is 24.3 Å². The Bertz CT molecular complexity index is 908. The molecular formula is C23H29NO3S. The average Bonchev–Trinajstić information content (AvgIpc) is 3.29. The highest BCUT2D eigenvalue weighted by Gasteiger charge is 2.21. The first-order valence-corrected chi connectivity index (χ1v) is 11.0. The summed E-state index contributed by atoms with van der Waals surface area (Å²) in [5.74, 6) is 0.957. The summed E-state index contributed by atoms with van der Waals surface area (Å²) in [6.07, 6.45) is 3.95. The summed E-state index contributed by atoms with van der Waals surface area (Å²) < 4.78 is 12.1. The third-order valence-corrected chi connectivity index (χ3v) is 6.06. The van der Waals surface area contributed by atoms with Crippen LogP contribution < -0.4 is 4.74 Å². The number of unbranched alkanes of at least 4 members (excludes halogenated alkanes) is 1. The summed E-state index contributed by atoms with van der Waals surface area (Å²) in [5, 5.41) is 1.85. The van der Waals surface area contributed by atoms with Gasteiger partial charge in [-0.15, -0.1) is 0 Å². The summed E-state index contributed by atoms with van der Waals surface area (Å²) in [4.78, 5) is 14.8. The smallest absolute Gasteiger partial charge is 0.175 e. The SMILES string of the molecule is CCCCc1oc2ccccc2c1-c1cc(OCCN(CC)CC)sc1C=O. The molecule has 150 valence electrons. The minimum atomic E-state index is 0.620. The first kappa shape index (κ1) is 20.6. The highest BCUT2D eigenvalue weighted by atomic mass is 32.1. The number of carbonyl (C=O) groups excluding carboxylic acids is 1. The van der Waals surface area contributed by atoms with E-state index in [4.69, 9.17) is 9.15 Å². The molecule has 0 radical (unpaired) electrons. The molecule has 2 heterocycles. The van der Waals surface area contributed by atoms with Gasteiger partial charge in [0.15, 0.2) is 11.3 Å². The highest BCUT2D eigenvalue weighted by molar-refractivity contribution is 7.16. The number of ether oxygens (including phenoxy) is 1. The summed E-state index contributed by atoms with van der Waals surface area (Å²) >= 11 is 1.42. The molecule has 1 aromatic carbocycles. The van der Waals surface area contributed by atoms with Crippen LogP contribution in [0.1, 0.15) is 49.0 Å². The number of hydrogen-bond acceptors (Lipinski definition) is 5. The maximum atomic E-state index is 11.8. The topological polar surface area (TPSA) is 42.7 Å². The molecule has 0 saturated heterocycles. The maximum Gasteiger partial charge on any atom is 0.175 e. The Labute approximate surface area is 171 Å². The lowest BCUT2D eigenvalue weighted by molar-refractivity contribution is 0.112. The van der Waals surface area contributed by atoms with Gasteiger partial charge in [-0.2, -0.15) is 0 Å². The molecule has 2 aromatic heterocycles. The molecule has 0 aliphatic rings. The van der Waals surface area contributed by atoms with Crippen LogP contribution in [0.3, 0.4) is 0 Å². The van der Waals surface area contributed by atoms with Gasteiger partial charge >= 0.3 is 0 Å². The van der Waals surface area contributed by atoms with E-state index in [2.05, 4.69) is 31.7 Å². The molecule has 0 atom stereocenters. The normalized spacial score (nSPS) is 11.4. The van der Waals surface area contributed by atoms with Crippen molar-refractivity contribution in [1.29, 1.82) is 0 Å². The zero-order valence-corrected chi connectivity index (χ0v) is 17.8. The number of carbonyl (C=O) groups is 1. The van der Waals surface area contributed by atoms with Crippen molar-refractivity contribution in [3.63, 3.8) is 0 Å². The second-order valence-corrected chi connectivity index (χ2v) is 7.88. The molecule has 0 fully saturated rings. The molecule has 0 N–H and O–H groups in total. The van der Waals surface area contributed by atoms with Crippen molar-refractivity contribution in [1.82, 2.24) is 4.90 Å². The van der Waals surface area contributed by atoms with Gasteiger partial charge in [-0.25, -0.2) is 0 Å². The van der Waals surface area contributed by atoms with E-state index < -0.39 is 0 Å². The zero-order chi connectivity index (χ0) is 19.9. The van der Waals surface area contributed by atoms with Gasteiger partial charge in [0.2, 0.25) is 0 Å². The second-order valence-electron chi connectivity index (χ2n) is 6.84. The van der Waals surface area contributed by atoms with E-state index in [0.717, 1.165) is 78.1 Å². The largest absolute Gasteiger partial charge is 0.483 e. The fourth-order valence-electron chi connectivity index (χ4n) is 3.46. The van der Waals surface area contributed by atoms with E-state index in [9.17, 15) is 4.79 Å². The van der Waals surface area contributed by atoms with Crippen LogP contribution in [0.5, 0.6) is 5.06 Å². The van der Waals surface area contributed by atoms with Gasteiger partial charge in [-0.3, -0.25) is 4.79 Å². The van der Waals surface area contributed by atoms with E-state index >= 15 is 0 Å². The number of thiophene rings is 1. The third-order valence-electron chi connectivity index (χ3n) is 5.09. The Balaban J connectivity index is 1.92. The molecule has 3 aromatic rings. The number of likely N-dealkylation sites (N-methyl/N-ethyl adjacent to an activating group) is 1. The van der Waals surface area contributed by atoms with Crippen molar-refractivity contribution in [2.75, 3.05) is 26.2 Å². The summed E-state index contributed by atoms with van der Waals surface area (Å²) in [7, 11) is 0. The van der Waals surface area contributed by atoms with E-state index in [1.165, 1.54) is 11.3 Å². The molecular weight excluding hydrogens is 370 g/mol. The van der Waals surface area contributed by atoms with Gasteiger partial charge in [-0.1, -0.05) is 56.7 Å². The average molecular weight is 400 g/mol. The van der Waals surface area contributed by atoms with Crippen molar-refractivity contribution >= 4 is 28.6 Å². The van der Waals surface area contributed by atoms with Gasteiger partial charge in [0.1, 0.15) is 18.0 Å². The second kappa shape index (κ2) is 9.89. The molecule has 0 aliphatic carbocycles. The maximum absolute atomic E-state index is 11.8. The first-order valence-electron chi connectivity index (χ1n) is 10.2. The molecule has 0 spiro atoms. The molecule has 0 saturated carbocycles. The van der Waals surface area contributed by atoms with Crippen LogP contribution in [0.15, 0.2) is 34.7 Å². The van der Waals surface area contributed by atoms with E-state index in [1.54, 1.807) is 0 Å². The molecule has 28 heavy (non-hydrogen) atoms. The quantitative estimate of drug-likeness (QED) is 0.369. The van der Waals surface area contributed by atoms with Crippen LogP contribution in [-0.2, 0) is 6.42 Å².